The van der Waals surface area contributed by atoms with Gasteiger partial charge in [0.25, 0.3) is 0 Å². The first kappa shape index (κ1) is 15.3. The number of benzene rings is 1. The Labute approximate surface area is 121 Å². The molecule has 1 aromatic rings. The van der Waals surface area contributed by atoms with Crippen LogP contribution in [0, 0.1) is 0 Å². The van der Waals surface area contributed by atoms with Crippen molar-refractivity contribution < 1.29 is 13.2 Å². The molecule has 0 amide bonds. The topological polar surface area (TPSA) is 55.4 Å². The molecular weight excluding hydrogens is 274 g/mol. The van der Waals surface area contributed by atoms with E-state index in [4.69, 9.17) is 4.74 Å². The first-order valence-electron chi connectivity index (χ1n) is 6.84. The monoisotopic (exact) mass is 297 g/mol. The van der Waals surface area contributed by atoms with Crippen molar-refractivity contribution in [3.63, 3.8) is 0 Å². The molecule has 4 nitrogen and oxygen atoms in total. The largest absolute Gasteiger partial charge is 0.497 e. The summed E-state index contributed by atoms with van der Waals surface area (Å²) in [4.78, 5) is 0. The fourth-order valence-corrected chi connectivity index (χ4v) is 2.77. The molecular formula is C15H23NO3S. The van der Waals surface area contributed by atoms with Gasteiger partial charge in [0.05, 0.1) is 11.9 Å². The van der Waals surface area contributed by atoms with Crippen LogP contribution < -0.4 is 10.1 Å². The average Bonchev–Trinajstić information content (AvgIpc) is 2.77. The van der Waals surface area contributed by atoms with E-state index in [2.05, 4.69) is 11.4 Å². The Hall–Kier alpha value is -1.07. The highest BCUT2D eigenvalue weighted by atomic mass is 32.2. The lowest BCUT2D eigenvalue weighted by Gasteiger charge is -2.25. The summed E-state index contributed by atoms with van der Waals surface area (Å²) in [6, 6.07) is 6.33. The molecule has 1 unspecified atom stereocenters. The number of hydrogen-bond donors (Lipinski definition) is 1. The smallest absolute Gasteiger partial charge is 0.153 e. The van der Waals surface area contributed by atoms with Gasteiger partial charge >= 0.3 is 0 Å². The molecule has 1 atom stereocenters. The maximum atomic E-state index is 11.7. The van der Waals surface area contributed by atoms with Gasteiger partial charge in [-0.3, -0.25) is 0 Å². The van der Waals surface area contributed by atoms with E-state index in [9.17, 15) is 8.42 Å². The average molecular weight is 297 g/mol. The molecule has 0 bridgehead atoms. The molecule has 0 aliphatic heterocycles. The van der Waals surface area contributed by atoms with Crippen LogP contribution in [0.3, 0.4) is 0 Å². The van der Waals surface area contributed by atoms with Gasteiger partial charge in [-0.2, -0.15) is 0 Å². The van der Waals surface area contributed by atoms with E-state index in [0.717, 1.165) is 18.6 Å². The number of rotatable bonds is 5. The van der Waals surface area contributed by atoms with Crippen molar-refractivity contribution in [2.75, 3.05) is 19.9 Å². The third-order valence-corrected chi connectivity index (χ3v) is 6.36. The molecule has 1 aliphatic rings. The Morgan fingerprint density at radius 3 is 2.70 bits per heavy atom. The lowest BCUT2D eigenvalue weighted by atomic mass is 10.1. The first-order valence-corrected chi connectivity index (χ1v) is 8.73. The fraction of sp³-hybridized carbons (Fsp3) is 0.600. The van der Waals surface area contributed by atoms with E-state index in [1.807, 2.05) is 12.1 Å². The van der Waals surface area contributed by atoms with Crippen LogP contribution in [0.15, 0.2) is 18.2 Å². The van der Waals surface area contributed by atoms with Gasteiger partial charge in [0.15, 0.2) is 9.84 Å². The Morgan fingerprint density at radius 2 is 2.10 bits per heavy atom. The molecule has 1 aliphatic carbocycles. The number of aryl methyl sites for hydroxylation is 1. The van der Waals surface area contributed by atoms with Crippen molar-refractivity contribution in [3.05, 3.63) is 29.3 Å². The second kappa shape index (κ2) is 5.37. The maximum absolute atomic E-state index is 11.7. The molecule has 0 aromatic heterocycles. The van der Waals surface area contributed by atoms with E-state index in [-0.39, 0.29) is 6.04 Å². The zero-order valence-corrected chi connectivity index (χ0v) is 13.4. The van der Waals surface area contributed by atoms with Crippen LogP contribution in [-0.2, 0) is 16.3 Å². The highest BCUT2D eigenvalue weighted by Crippen LogP contribution is 2.34. The summed E-state index contributed by atoms with van der Waals surface area (Å²) in [7, 11) is -1.41. The fourth-order valence-electron chi connectivity index (χ4n) is 2.42. The zero-order valence-electron chi connectivity index (χ0n) is 12.6. The van der Waals surface area contributed by atoms with Crippen molar-refractivity contribution in [1.82, 2.24) is 5.32 Å². The second-order valence-corrected chi connectivity index (χ2v) is 8.72. The summed E-state index contributed by atoms with van der Waals surface area (Å²) in [6.45, 7) is 3.97. The van der Waals surface area contributed by atoms with Gasteiger partial charge in [0.1, 0.15) is 5.75 Å². The Balaban J connectivity index is 2.11. The molecule has 0 heterocycles. The van der Waals surface area contributed by atoms with E-state index < -0.39 is 14.6 Å². The van der Waals surface area contributed by atoms with Crippen LogP contribution in [0.5, 0.6) is 5.75 Å². The van der Waals surface area contributed by atoms with Crippen molar-refractivity contribution in [2.45, 2.75) is 37.5 Å². The molecule has 0 radical (unpaired) electrons. The third kappa shape index (κ3) is 2.99. The molecule has 5 heteroatoms. The second-order valence-electron chi connectivity index (χ2n) is 6.07. The molecule has 0 saturated heterocycles. The molecule has 112 valence electrons. The van der Waals surface area contributed by atoms with Gasteiger partial charge in [0, 0.05) is 18.8 Å². The van der Waals surface area contributed by atoms with Crippen molar-refractivity contribution in [2.24, 2.45) is 0 Å². The number of sulfone groups is 1. The van der Waals surface area contributed by atoms with Gasteiger partial charge in [-0.1, -0.05) is 6.07 Å². The lowest BCUT2D eigenvalue weighted by molar-refractivity contribution is 0.412. The predicted molar refractivity (Wildman–Crippen MR) is 81.0 cm³/mol. The number of hydrogen-bond acceptors (Lipinski definition) is 4. The minimum absolute atomic E-state index is 0.209. The summed E-state index contributed by atoms with van der Waals surface area (Å²) in [6.07, 6.45) is 3.32. The third-order valence-electron chi connectivity index (χ3n) is 4.21. The Morgan fingerprint density at radius 1 is 1.40 bits per heavy atom. The van der Waals surface area contributed by atoms with Crippen molar-refractivity contribution in [1.29, 1.82) is 0 Å². The van der Waals surface area contributed by atoms with Crippen LogP contribution in [-0.4, -0.2) is 33.1 Å². The van der Waals surface area contributed by atoms with Crippen LogP contribution in [0.4, 0.5) is 0 Å². The van der Waals surface area contributed by atoms with Crippen molar-refractivity contribution >= 4 is 9.84 Å². The highest BCUT2D eigenvalue weighted by Gasteiger charge is 2.32. The molecule has 20 heavy (non-hydrogen) atoms. The first-order chi connectivity index (χ1) is 9.24. The van der Waals surface area contributed by atoms with E-state index in [1.165, 1.54) is 17.4 Å². The number of ether oxygens (including phenoxy) is 1. The van der Waals surface area contributed by atoms with Gasteiger partial charge in [-0.05, 0) is 49.9 Å². The molecule has 0 fully saturated rings. The van der Waals surface area contributed by atoms with Gasteiger partial charge in [-0.25, -0.2) is 8.42 Å². The van der Waals surface area contributed by atoms with Gasteiger partial charge in [0.2, 0.25) is 0 Å². The summed E-state index contributed by atoms with van der Waals surface area (Å²) in [5, 5.41) is 3.40. The highest BCUT2D eigenvalue weighted by molar-refractivity contribution is 7.92. The number of methoxy groups -OCH3 is 1. The molecule has 0 saturated carbocycles. The normalized spacial score (nSPS) is 18.9. The summed E-state index contributed by atoms with van der Waals surface area (Å²) in [5.74, 6) is 0.847. The number of fused-ring (bicyclic) bond motifs is 1. The van der Waals surface area contributed by atoms with E-state index in [1.54, 1.807) is 21.0 Å². The van der Waals surface area contributed by atoms with Gasteiger partial charge in [-0.15, -0.1) is 0 Å². The SMILES string of the molecule is COc1ccc2c(c1)C(NCC(C)(C)S(C)(=O)=O)CC2. The minimum atomic E-state index is -3.07. The quantitative estimate of drug-likeness (QED) is 0.904. The van der Waals surface area contributed by atoms with E-state index in [0.29, 0.717) is 6.54 Å². The summed E-state index contributed by atoms with van der Waals surface area (Å²) in [5.41, 5.74) is 2.55. The Kier molecular flexibility index (Phi) is 4.12. The lowest BCUT2D eigenvalue weighted by Crippen LogP contribution is -2.42. The van der Waals surface area contributed by atoms with Gasteiger partial charge < -0.3 is 10.1 Å². The summed E-state index contributed by atoms with van der Waals surface area (Å²) >= 11 is 0. The van der Waals surface area contributed by atoms with E-state index >= 15 is 0 Å². The van der Waals surface area contributed by atoms with Crippen molar-refractivity contribution in [3.8, 4) is 5.75 Å². The Bertz CT molecular complexity index is 593. The molecule has 1 aromatic carbocycles. The summed E-state index contributed by atoms with van der Waals surface area (Å²) < 4.78 is 28.0. The standard InChI is InChI=1S/C15H23NO3S/c1-15(2,20(4,17)18)10-16-14-8-6-11-5-7-12(19-3)9-13(11)14/h5,7,9,14,16H,6,8,10H2,1-4H3. The molecule has 2 rings (SSSR count). The maximum Gasteiger partial charge on any atom is 0.153 e. The molecule has 1 N–H and O–H groups in total. The van der Waals surface area contributed by atoms with Crippen LogP contribution >= 0.6 is 0 Å². The van der Waals surface area contributed by atoms with Crippen LogP contribution in [0.1, 0.15) is 37.4 Å². The minimum Gasteiger partial charge on any atom is -0.497 e. The van der Waals surface area contributed by atoms with Crippen LogP contribution in [0.2, 0.25) is 0 Å². The van der Waals surface area contributed by atoms with Crippen LogP contribution in [0.25, 0.3) is 0 Å². The molecule has 0 spiro atoms. The zero-order chi connectivity index (χ0) is 15.0. The number of nitrogens with one attached hydrogen (secondary N) is 1. The predicted octanol–water partition coefficient (Wildman–Crippen LogP) is 2.10.